The van der Waals surface area contributed by atoms with Crippen molar-refractivity contribution < 1.29 is 0 Å². The number of hydrogen-bond donors (Lipinski definition) is 2. The Morgan fingerprint density at radius 2 is 2.57 bits per heavy atom. The van der Waals surface area contributed by atoms with E-state index in [2.05, 4.69) is 19.7 Å². The Hall–Kier alpha value is -0.420. The van der Waals surface area contributed by atoms with Crippen molar-refractivity contribution >= 4 is 28.7 Å². The van der Waals surface area contributed by atoms with Crippen LogP contribution in [0.2, 0.25) is 0 Å². The highest BCUT2D eigenvalue weighted by atomic mass is 127. The Bertz CT molecular complexity index is 102. The highest BCUT2D eigenvalue weighted by Crippen LogP contribution is 1.64. The molecule has 0 aromatic carbocycles. The molecule has 0 saturated carbocycles. The second-order valence-corrected chi connectivity index (χ2v) is 1.07. The number of nitrogens with one attached hydrogen (secondary N) is 2. The Kier molecular flexibility index (Phi) is 5.25. The van der Waals surface area contributed by atoms with E-state index < -0.39 is 0 Å². The Balaban J connectivity index is 3.40. The summed E-state index contributed by atoms with van der Waals surface area (Å²) in [4.78, 5) is 0. The molecule has 7 heavy (non-hydrogen) atoms. The molecule has 0 unspecified atom stereocenters. The minimum atomic E-state index is 1.14. The van der Waals surface area contributed by atoms with Gasteiger partial charge in [-0.3, -0.25) is 0 Å². The third-order valence-electron chi connectivity index (χ3n) is 0.229. The molecule has 0 atom stereocenters. The average molecular weight is 210 g/mol. The van der Waals surface area contributed by atoms with Crippen LogP contribution in [-0.4, -0.2) is 5.87 Å². The lowest BCUT2D eigenvalue weighted by Crippen LogP contribution is -1.76. The quantitative estimate of drug-likeness (QED) is 0.231. The maximum Gasteiger partial charge on any atom is 0.112 e. The number of nitrogens with zero attached hydrogens (tertiary/aromatic N) is 2. The fraction of sp³-hybridized carbons (Fsp3) is 0. The van der Waals surface area contributed by atoms with Gasteiger partial charge in [0.2, 0.25) is 0 Å². The first-order valence-electron chi connectivity index (χ1n) is 1.41. The smallest absolute Gasteiger partial charge is 0.112 e. The van der Waals surface area contributed by atoms with Crippen molar-refractivity contribution in [1.82, 2.24) is 3.64 Å². The van der Waals surface area contributed by atoms with Crippen molar-refractivity contribution in [2.45, 2.75) is 0 Å². The maximum atomic E-state index is 6.20. The topological polar surface area (TPSA) is 60.6 Å². The van der Waals surface area contributed by atoms with E-state index in [1.54, 1.807) is 0 Å². The van der Waals surface area contributed by atoms with E-state index in [-0.39, 0.29) is 0 Å². The second kappa shape index (κ2) is 5.58. The summed E-state index contributed by atoms with van der Waals surface area (Å²) in [6.07, 6.45) is 1.14. The Morgan fingerprint density at radius 1 is 1.86 bits per heavy atom. The molecule has 0 spiro atoms. The zero-order chi connectivity index (χ0) is 5.54. The van der Waals surface area contributed by atoms with Gasteiger partial charge in [0.05, 0.1) is 22.9 Å². The molecule has 0 rings (SSSR count). The minimum absolute atomic E-state index is 1.14. The molecule has 0 aliphatic heterocycles. The predicted molar refractivity (Wildman–Crippen MR) is 34.3 cm³/mol. The van der Waals surface area contributed by atoms with Gasteiger partial charge in [0.15, 0.2) is 0 Å². The standard InChI is InChI=1S/C2H3IN4/c3-7-6-2-1-5-4/h1,4,7H. The van der Waals surface area contributed by atoms with E-state index in [4.69, 9.17) is 5.53 Å². The summed E-state index contributed by atoms with van der Waals surface area (Å²) < 4.78 is 2.41. The lowest BCUT2D eigenvalue weighted by molar-refractivity contribution is 1.14. The van der Waals surface area contributed by atoms with Gasteiger partial charge in [-0.05, 0) is 0 Å². The number of hydrogen-bond acceptors (Lipinski definition) is 4. The second-order valence-electron chi connectivity index (χ2n) is 0.584. The lowest BCUT2D eigenvalue weighted by atomic mass is 11.0. The maximum absolute atomic E-state index is 6.20. The number of rotatable bonds is 2. The van der Waals surface area contributed by atoms with Crippen LogP contribution >= 0.6 is 22.9 Å². The molecule has 5 heteroatoms. The molecule has 0 radical (unpaired) electrons. The van der Waals surface area contributed by atoms with E-state index in [9.17, 15) is 0 Å². The molecular formula is C2H3IN4. The highest BCUT2D eigenvalue weighted by molar-refractivity contribution is 14.1. The number of halogens is 1. The zero-order valence-corrected chi connectivity index (χ0v) is 5.51. The molecule has 0 aliphatic rings. The first kappa shape index (κ1) is 6.58. The fourth-order valence-electron chi connectivity index (χ4n) is 0.0821. The van der Waals surface area contributed by atoms with Gasteiger partial charge in [-0.2, -0.15) is 5.11 Å². The van der Waals surface area contributed by atoms with E-state index in [1.807, 2.05) is 22.9 Å². The summed E-state index contributed by atoms with van der Waals surface area (Å²) in [5.41, 5.74) is 6.20. The van der Waals surface area contributed by atoms with Crippen LogP contribution in [0.3, 0.4) is 0 Å². The monoisotopic (exact) mass is 210 g/mol. The van der Waals surface area contributed by atoms with Crippen LogP contribution in [-0.2, 0) is 0 Å². The summed E-state index contributed by atoms with van der Waals surface area (Å²) in [5.74, 6) is 2.31. The highest BCUT2D eigenvalue weighted by Gasteiger charge is 1.51. The molecule has 0 fully saturated rings. The van der Waals surface area contributed by atoms with Gasteiger partial charge in [-0.15, -0.1) is 5.10 Å². The van der Waals surface area contributed by atoms with Crippen LogP contribution in [0, 0.1) is 5.53 Å². The first-order valence-corrected chi connectivity index (χ1v) is 2.49. The van der Waals surface area contributed by atoms with Crippen molar-refractivity contribution in [3.8, 4) is 0 Å². The Labute approximate surface area is 54.7 Å². The third kappa shape index (κ3) is 5.58. The normalized spacial score (nSPS) is 5.86. The van der Waals surface area contributed by atoms with Crippen molar-refractivity contribution in [1.29, 1.82) is 5.53 Å². The molecule has 0 bridgehead atoms. The third-order valence-corrected chi connectivity index (χ3v) is 0.470. The average Bonchev–Trinajstić information content (AvgIpc) is 1.69. The van der Waals surface area contributed by atoms with E-state index >= 15 is 0 Å². The molecule has 0 amide bonds. The number of hydrazone groups is 1. The fourth-order valence-corrected chi connectivity index (χ4v) is 0.221. The summed E-state index contributed by atoms with van der Waals surface area (Å²) >= 11 is 1.83. The van der Waals surface area contributed by atoms with Crippen LogP contribution in [0.15, 0.2) is 16.4 Å². The molecule has 0 heterocycles. The summed E-state index contributed by atoms with van der Waals surface area (Å²) in [7, 11) is 0. The van der Waals surface area contributed by atoms with Crippen LogP contribution in [0.5, 0.6) is 0 Å². The Morgan fingerprint density at radius 3 is 3.00 bits per heavy atom. The zero-order valence-electron chi connectivity index (χ0n) is 3.35. The van der Waals surface area contributed by atoms with Crippen molar-refractivity contribution in [2.75, 3.05) is 0 Å². The molecule has 0 saturated heterocycles. The summed E-state index contributed by atoms with van der Waals surface area (Å²) in [6, 6.07) is 0. The minimum Gasteiger partial charge on any atom is -0.241 e. The molecule has 0 aromatic heterocycles. The molecule has 0 aromatic rings. The SMILES string of the molecule is N=NC=C=NNI. The van der Waals surface area contributed by atoms with Crippen molar-refractivity contribution in [3.63, 3.8) is 0 Å². The largest absolute Gasteiger partial charge is 0.241 e. The van der Waals surface area contributed by atoms with Crippen LogP contribution in [0.4, 0.5) is 0 Å². The van der Waals surface area contributed by atoms with Crippen LogP contribution < -0.4 is 3.64 Å². The van der Waals surface area contributed by atoms with Gasteiger partial charge in [0, 0.05) is 5.87 Å². The van der Waals surface area contributed by atoms with Crippen molar-refractivity contribution in [2.24, 2.45) is 10.2 Å². The van der Waals surface area contributed by atoms with E-state index in [0.717, 1.165) is 6.20 Å². The lowest BCUT2D eigenvalue weighted by Gasteiger charge is -1.68. The summed E-state index contributed by atoms with van der Waals surface area (Å²) in [6.45, 7) is 0. The molecular weight excluding hydrogens is 207 g/mol. The molecule has 4 nitrogen and oxygen atoms in total. The van der Waals surface area contributed by atoms with Gasteiger partial charge < -0.3 is 0 Å². The van der Waals surface area contributed by atoms with Crippen LogP contribution in [0.25, 0.3) is 0 Å². The van der Waals surface area contributed by atoms with Gasteiger partial charge >= 0.3 is 0 Å². The van der Waals surface area contributed by atoms with E-state index in [0.29, 0.717) is 0 Å². The van der Waals surface area contributed by atoms with Gasteiger partial charge in [0.25, 0.3) is 0 Å². The molecule has 0 aliphatic carbocycles. The first-order chi connectivity index (χ1) is 3.41. The van der Waals surface area contributed by atoms with Gasteiger partial charge in [0.1, 0.15) is 6.20 Å². The summed E-state index contributed by atoms with van der Waals surface area (Å²) in [5, 5.41) is 6.23. The van der Waals surface area contributed by atoms with Gasteiger partial charge in [-0.25, -0.2) is 9.17 Å². The van der Waals surface area contributed by atoms with Crippen LogP contribution in [0.1, 0.15) is 0 Å². The van der Waals surface area contributed by atoms with Gasteiger partial charge in [-0.1, -0.05) is 0 Å². The molecule has 2 N–H and O–H groups in total. The predicted octanol–water partition coefficient (Wildman–Crippen LogP) is 1.06. The van der Waals surface area contributed by atoms with E-state index in [1.165, 1.54) is 0 Å². The molecule has 38 valence electrons. The van der Waals surface area contributed by atoms with Crippen molar-refractivity contribution in [3.05, 3.63) is 6.20 Å².